The second-order valence-electron chi connectivity index (χ2n) is 9.11. The fraction of sp³-hybridized carbons (Fsp3) is 0.900. The highest BCUT2D eigenvalue weighted by Gasteiger charge is 2.57. The molecule has 2 heteroatoms. The van der Waals surface area contributed by atoms with Crippen LogP contribution in [0.2, 0.25) is 0 Å². The number of nitrogens with two attached hydrogens (primary N) is 1. The summed E-state index contributed by atoms with van der Waals surface area (Å²) >= 11 is 0. The van der Waals surface area contributed by atoms with Crippen molar-refractivity contribution in [2.24, 2.45) is 34.3 Å². The van der Waals surface area contributed by atoms with Crippen LogP contribution in [0.4, 0.5) is 0 Å². The first-order valence-electron chi connectivity index (χ1n) is 9.39. The molecule has 0 aromatic heterocycles. The molecule has 2 nitrogen and oxygen atoms in total. The fourth-order valence-electron chi connectivity index (χ4n) is 6.58. The molecule has 0 bridgehead atoms. The second-order valence-corrected chi connectivity index (χ2v) is 9.11. The van der Waals surface area contributed by atoms with Crippen LogP contribution < -0.4 is 5.73 Å². The fourth-order valence-corrected chi connectivity index (χ4v) is 6.58. The average Bonchev–Trinajstić information content (AvgIpc) is 2.46. The molecular weight excluding hydrogens is 270 g/mol. The molecule has 126 valence electrons. The number of hydrogen-bond donors (Lipinski definition) is 2. The van der Waals surface area contributed by atoms with Gasteiger partial charge >= 0.3 is 0 Å². The minimum atomic E-state index is -0.119. The summed E-state index contributed by atoms with van der Waals surface area (Å²) in [5.74, 6) is 2.25. The van der Waals surface area contributed by atoms with E-state index in [0.717, 1.165) is 31.2 Å². The van der Waals surface area contributed by atoms with Crippen LogP contribution in [0, 0.1) is 28.6 Å². The molecule has 2 saturated carbocycles. The first-order chi connectivity index (χ1) is 10.3. The topological polar surface area (TPSA) is 46.2 Å². The van der Waals surface area contributed by atoms with Crippen LogP contribution in [-0.4, -0.2) is 17.8 Å². The Kier molecular flexibility index (Phi) is 4.23. The monoisotopic (exact) mass is 305 g/mol. The van der Waals surface area contributed by atoms with Crippen LogP contribution in [0.5, 0.6) is 0 Å². The number of aliphatic hydroxyl groups is 1. The Hall–Kier alpha value is -0.340. The smallest absolute Gasteiger partial charge is 0.0594 e. The maximum absolute atomic E-state index is 10.5. The first-order valence-corrected chi connectivity index (χ1v) is 9.39. The van der Waals surface area contributed by atoms with Gasteiger partial charge in [-0.05, 0) is 87.0 Å². The van der Waals surface area contributed by atoms with Gasteiger partial charge in [-0.25, -0.2) is 0 Å². The van der Waals surface area contributed by atoms with Crippen molar-refractivity contribution >= 4 is 0 Å². The molecule has 0 radical (unpaired) electrons. The van der Waals surface area contributed by atoms with Crippen molar-refractivity contribution in [2.75, 3.05) is 6.54 Å². The highest BCUT2D eigenvalue weighted by Crippen LogP contribution is 2.64. The molecule has 0 unspecified atom stereocenters. The van der Waals surface area contributed by atoms with E-state index < -0.39 is 0 Å². The van der Waals surface area contributed by atoms with Gasteiger partial charge in [-0.3, -0.25) is 0 Å². The van der Waals surface area contributed by atoms with Crippen LogP contribution in [0.25, 0.3) is 0 Å². The lowest BCUT2D eigenvalue weighted by Crippen LogP contribution is -2.56. The number of hydrogen-bond acceptors (Lipinski definition) is 2. The Balaban J connectivity index is 1.94. The minimum absolute atomic E-state index is 0.0716. The van der Waals surface area contributed by atoms with E-state index in [1.54, 1.807) is 11.1 Å². The molecule has 3 rings (SSSR count). The maximum Gasteiger partial charge on any atom is 0.0594 e. The molecule has 3 N–H and O–H groups in total. The summed E-state index contributed by atoms with van der Waals surface area (Å²) < 4.78 is 0. The summed E-state index contributed by atoms with van der Waals surface area (Å²) in [6.45, 7) is 10.3. The van der Waals surface area contributed by atoms with Crippen LogP contribution in [0.1, 0.15) is 72.6 Å². The SMILES string of the molecule is CC1=C(CCN)[C@@H]2CC[C@H]3C(C)(C)[C@@H](O)CC[C@]3(C)[C@H]2CC1. The molecule has 0 heterocycles. The van der Waals surface area contributed by atoms with Crippen molar-refractivity contribution in [3.63, 3.8) is 0 Å². The number of fused-ring (bicyclic) bond motifs is 3. The molecule has 3 aliphatic rings. The average molecular weight is 306 g/mol. The Morgan fingerprint density at radius 2 is 1.86 bits per heavy atom. The Morgan fingerprint density at radius 1 is 1.14 bits per heavy atom. The van der Waals surface area contributed by atoms with Crippen molar-refractivity contribution < 1.29 is 5.11 Å². The summed E-state index contributed by atoms with van der Waals surface area (Å²) in [5.41, 5.74) is 9.71. The van der Waals surface area contributed by atoms with Crippen molar-refractivity contribution in [1.29, 1.82) is 0 Å². The predicted molar refractivity (Wildman–Crippen MR) is 92.4 cm³/mol. The van der Waals surface area contributed by atoms with Crippen molar-refractivity contribution in [1.82, 2.24) is 0 Å². The molecule has 0 aromatic carbocycles. The van der Waals surface area contributed by atoms with E-state index in [0.29, 0.717) is 11.3 Å². The van der Waals surface area contributed by atoms with E-state index in [1.165, 1.54) is 32.1 Å². The normalized spacial score (nSPS) is 44.5. The Morgan fingerprint density at radius 3 is 2.55 bits per heavy atom. The zero-order chi connectivity index (χ0) is 16.1. The van der Waals surface area contributed by atoms with Gasteiger partial charge in [0.05, 0.1) is 6.10 Å². The summed E-state index contributed by atoms with van der Waals surface area (Å²) in [4.78, 5) is 0. The Bertz CT molecular complexity index is 466. The van der Waals surface area contributed by atoms with E-state index in [9.17, 15) is 5.11 Å². The van der Waals surface area contributed by atoms with Gasteiger partial charge in [-0.1, -0.05) is 31.9 Å². The van der Waals surface area contributed by atoms with Crippen molar-refractivity contribution in [2.45, 2.75) is 78.7 Å². The van der Waals surface area contributed by atoms with Gasteiger partial charge in [0.2, 0.25) is 0 Å². The number of rotatable bonds is 2. The van der Waals surface area contributed by atoms with Crippen LogP contribution in [0.3, 0.4) is 0 Å². The molecule has 0 saturated heterocycles. The lowest BCUT2D eigenvalue weighted by molar-refractivity contribution is -0.149. The van der Waals surface area contributed by atoms with Gasteiger partial charge in [-0.2, -0.15) is 0 Å². The van der Waals surface area contributed by atoms with Gasteiger partial charge in [0.1, 0.15) is 0 Å². The summed E-state index contributed by atoms with van der Waals surface area (Å²) in [5, 5.41) is 10.5. The molecule has 3 aliphatic carbocycles. The summed E-state index contributed by atoms with van der Waals surface area (Å²) in [7, 11) is 0. The minimum Gasteiger partial charge on any atom is -0.393 e. The van der Waals surface area contributed by atoms with E-state index in [-0.39, 0.29) is 11.5 Å². The molecular formula is C20H35NO. The van der Waals surface area contributed by atoms with Crippen LogP contribution >= 0.6 is 0 Å². The molecule has 5 atom stereocenters. The lowest BCUT2D eigenvalue weighted by Gasteiger charge is -2.62. The van der Waals surface area contributed by atoms with Crippen molar-refractivity contribution in [3.8, 4) is 0 Å². The zero-order valence-corrected chi connectivity index (χ0v) is 15.0. The molecule has 0 amide bonds. The van der Waals surface area contributed by atoms with Crippen LogP contribution in [0.15, 0.2) is 11.1 Å². The standard InChI is InChI=1S/C20H35NO/c1-13-5-7-16-15(14(13)10-12-21)6-8-17-19(2,3)18(22)9-11-20(16,17)4/h15-18,22H,5-12,21H2,1-4H3/t15-,16-,17-,18-,20+/m0/s1. The predicted octanol–water partition coefficient (Wildman–Crippen LogP) is 4.28. The highest BCUT2D eigenvalue weighted by molar-refractivity contribution is 5.24. The largest absolute Gasteiger partial charge is 0.393 e. The highest BCUT2D eigenvalue weighted by atomic mass is 16.3. The van der Waals surface area contributed by atoms with E-state index >= 15 is 0 Å². The summed E-state index contributed by atoms with van der Waals surface area (Å²) in [6, 6.07) is 0. The van der Waals surface area contributed by atoms with Gasteiger partial charge in [0.25, 0.3) is 0 Å². The molecule has 0 aromatic rings. The third-order valence-corrected chi connectivity index (χ3v) is 7.85. The van der Waals surface area contributed by atoms with Crippen LogP contribution in [-0.2, 0) is 0 Å². The quantitative estimate of drug-likeness (QED) is 0.748. The molecule has 0 spiro atoms. The summed E-state index contributed by atoms with van der Waals surface area (Å²) in [6.07, 6.45) is 8.38. The van der Waals surface area contributed by atoms with Gasteiger partial charge in [-0.15, -0.1) is 0 Å². The van der Waals surface area contributed by atoms with E-state index in [4.69, 9.17) is 5.73 Å². The molecule has 2 fully saturated rings. The van der Waals surface area contributed by atoms with Gasteiger partial charge < -0.3 is 10.8 Å². The number of allylic oxidation sites excluding steroid dienone is 1. The van der Waals surface area contributed by atoms with Gasteiger partial charge in [0, 0.05) is 0 Å². The second kappa shape index (κ2) is 5.63. The molecule has 0 aliphatic heterocycles. The zero-order valence-electron chi connectivity index (χ0n) is 15.0. The molecule has 22 heavy (non-hydrogen) atoms. The lowest BCUT2D eigenvalue weighted by atomic mass is 9.43. The number of aliphatic hydroxyl groups excluding tert-OH is 1. The first kappa shape index (κ1) is 16.5. The third kappa shape index (κ3) is 2.29. The Labute approximate surface area is 136 Å². The van der Waals surface area contributed by atoms with E-state index in [2.05, 4.69) is 27.7 Å². The van der Waals surface area contributed by atoms with E-state index in [1.807, 2.05) is 0 Å². The van der Waals surface area contributed by atoms with Gasteiger partial charge in [0.15, 0.2) is 0 Å². The van der Waals surface area contributed by atoms with Crippen molar-refractivity contribution in [3.05, 3.63) is 11.1 Å². The third-order valence-electron chi connectivity index (χ3n) is 7.85. The maximum atomic E-state index is 10.5.